The third-order valence-corrected chi connectivity index (χ3v) is 7.87. The summed E-state index contributed by atoms with van der Waals surface area (Å²) in [5.41, 5.74) is 3.51. The fourth-order valence-electron chi connectivity index (χ4n) is 4.19. The molecule has 146 valence electrons. The number of nitrogens with zero attached hydrogens (tertiary/aromatic N) is 2. The summed E-state index contributed by atoms with van der Waals surface area (Å²) in [5, 5.41) is 6.24. The number of pyridine rings is 1. The lowest BCUT2D eigenvalue weighted by Gasteiger charge is -2.27. The minimum absolute atomic E-state index is 0.123. The molecule has 0 radical (unpaired) electrons. The Balaban J connectivity index is 1.42. The van der Waals surface area contributed by atoms with Crippen LogP contribution in [0.4, 0.5) is 5.69 Å². The lowest BCUT2D eigenvalue weighted by Crippen LogP contribution is -2.37. The third kappa shape index (κ3) is 3.26. The molecule has 1 aliphatic rings. The van der Waals surface area contributed by atoms with Crippen molar-refractivity contribution in [3.63, 3.8) is 0 Å². The highest BCUT2D eigenvalue weighted by Gasteiger charge is 2.43. The molecule has 1 amide bonds. The van der Waals surface area contributed by atoms with Gasteiger partial charge in [-0.2, -0.15) is 0 Å². The van der Waals surface area contributed by atoms with Gasteiger partial charge in [0.25, 0.3) is 0 Å². The Kier molecular flexibility index (Phi) is 4.68. The molecule has 4 aromatic rings. The SMILES string of the molecule is Cc1cc(-c2nc3cccnc3s2)ccc1NC(=O)C1(c2cccs2)CCCC1. The van der Waals surface area contributed by atoms with Crippen LogP contribution in [-0.4, -0.2) is 15.9 Å². The molecule has 0 aliphatic heterocycles. The molecule has 29 heavy (non-hydrogen) atoms. The van der Waals surface area contributed by atoms with E-state index in [1.165, 1.54) is 4.88 Å². The quantitative estimate of drug-likeness (QED) is 0.430. The number of carbonyl (C=O) groups excluding carboxylic acids is 1. The zero-order valence-corrected chi connectivity index (χ0v) is 17.8. The minimum atomic E-state index is -0.377. The highest BCUT2D eigenvalue weighted by atomic mass is 32.1. The van der Waals surface area contributed by atoms with Crippen molar-refractivity contribution in [2.24, 2.45) is 0 Å². The molecule has 4 nitrogen and oxygen atoms in total. The molecule has 1 aliphatic carbocycles. The minimum Gasteiger partial charge on any atom is -0.325 e. The molecule has 1 fully saturated rings. The average Bonchev–Trinajstić information content (AvgIpc) is 3.48. The number of thiazole rings is 1. The molecule has 1 N–H and O–H groups in total. The van der Waals surface area contributed by atoms with Gasteiger partial charge in [-0.15, -0.1) is 11.3 Å². The number of thiophene rings is 1. The second-order valence-corrected chi connectivity index (χ2v) is 9.52. The van der Waals surface area contributed by atoms with Gasteiger partial charge in [0, 0.05) is 22.3 Å². The van der Waals surface area contributed by atoms with Gasteiger partial charge in [0.05, 0.1) is 5.41 Å². The van der Waals surface area contributed by atoms with Gasteiger partial charge in [-0.1, -0.05) is 30.2 Å². The van der Waals surface area contributed by atoms with Crippen molar-refractivity contribution in [1.82, 2.24) is 9.97 Å². The van der Waals surface area contributed by atoms with Crippen molar-refractivity contribution < 1.29 is 4.79 Å². The first-order valence-corrected chi connectivity index (χ1v) is 11.5. The molecule has 3 heterocycles. The first kappa shape index (κ1) is 18.5. The first-order valence-electron chi connectivity index (χ1n) is 9.84. The van der Waals surface area contributed by atoms with Crippen LogP contribution in [0.3, 0.4) is 0 Å². The third-order valence-electron chi connectivity index (χ3n) is 5.77. The number of benzene rings is 1. The summed E-state index contributed by atoms with van der Waals surface area (Å²) in [5.74, 6) is 0.123. The molecule has 1 saturated carbocycles. The topological polar surface area (TPSA) is 54.9 Å². The highest BCUT2D eigenvalue weighted by Crippen LogP contribution is 2.44. The molecule has 0 bridgehead atoms. The van der Waals surface area contributed by atoms with Crippen LogP contribution in [0.5, 0.6) is 0 Å². The summed E-state index contributed by atoms with van der Waals surface area (Å²) in [6, 6.07) is 14.2. The fraction of sp³-hybridized carbons (Fsp3) is 0.261. The Morgan fingerprint density at radius 2 is 2.00 bits per heavy atom. The number of rotatable bonds is 4. The van der Waals surface area contributed by atoms with Crippen molar-refractivity contribution in [3.8, 4) is 10.6 Å². The normalized spacial score (nSPS) is 15.6. The van der Waals surface area contributed by atoms with Crippen LogP contribution in [0, 0.1) is 6.92 Å². The molecule has 5 rings (SSSR count). The number of fused-ring (bicyclic) bond motifs is 1. The van der Waals surface area contributed by atoms with Gasteiger partial charge in [-0.05, 0) is 67.1 Å². The molecule has 0 atom stereocenters. The number of amides is 1. The molecule has 0 saturated heterocycles. The van der Waals surface area contributed by atoms with E-state index < -0.39 is 0 Å². The maximum atomic E-state index is 13.3. The summed E-state index contributed by atoms with van der Waals surface area (Å²) >= 11 is 3.28. The van der Waals surface area contributed by atoms with Crippen molar-refractivity contribution in [2.75, 3.05) is 5.32 Å². The second kappa shape index (κ2) is 7.35. The Hall–Kier alpha value is -2.57. The van der Waals surface area contributed by atoms with Gasteiger partial charge in [0.2, 0.25) is 5.91 Å². The van der Waals surface area contributed by atoms with Gasteiger partial charge in [-0.3, -0.25) is 4.79 Å². The van der Waals surface area contributed by atoms with E-state index in [9.17, 15) is 4.79 Å². The summed E-state index contributed by atoms with van der Waals surface area (Å²) in [4.78, 5) is 24.5. The monoisotopic (exact) mass is 419 g/mol. The number of aromatic nitrogens is 2. The second-order valence-electron chi connectivity index (χ2n) is 7.60. The average molecular weight is 420 g/mol. The number of aryl methyl sites for hydroxylation is 1. The van der Waals surface area contributed by atoms with E-state index >= 15 is 0 Å². The van der Waals surface area contributed by atoms with Crippen LogP contribution >= 0.6 is 22.7 Å². The maximum absolute atomic E-state index is 13.3. The zero-order chi connectivity index (χ0) is 19.8. The number of carbonyl (C=O) groups is 1. The van der Waals surface area contributed by atoms with E-state index in [-0.39, 0.29) is 11.3 Å². The van der Waals surface area contributed by atoms with Gasteiger partial charge in [0.1, 0.15) is 15.4 Å². The lowest BCUT2D eigenvalue weighted by atomic mass is 9.83. The van der Waals surface area contributed by atoms with Crippen molar-refractivity contribution in [3.05, 3.63) is 64.5 Å². The van der Waals surface area contributed by atoms with Crippen LogP contribution in [-0.2, 0) is 10.2 Å². The number of anilines is 1. The van der Waals surface area contributed by atoms with Crippen molar-refractivity contribution in [1.29, 1.82) is 0 Å². The predicted octanol–water partition coefficient (Wildman–Crippen LogP) is 6.18. The number of hydrogen-bond acceptors (Lipinski definition) is 5. The molecule has 3 aromatic heterocycles. The molecule has 0 spiro atoms. The number of nitrogens with one attached hydrogen (secondary N) is 1. The van der Waals surface area contributed by atoms with Crippen LogP contribution in [0.25, 0.3) is 20.9 Å². The van der Waals surface area contributed by atoms with Crippen molar-refractivity contribution >= 4 is 44.6 Å². The predicted molar refractivity (Wildman–Crippen MR) is 121 cm³/mol. The van der Waals surface area contributed by atoms with Gasteiger partial charge < -0.3 is 5.32 Å². The Morgan fingerprint density at radius 1 is 1.14 bits per heavy atom. The Bertz CT molecular complexity index is 1140. The zero-order valence-electron chi connectivity index (χ0n) is 16.1. The van der Waals surface area contributed by atoms with E-state index in [0.717, 1.165) is 57.9 Å². The van der Waals surface area contributed by atoms with Crippen molar-refractivity contribution in [2.45, 2.75) is 38.0 Å². The Labute approximate surface area is 177 Å². The number of hydrogen-bond donors (Lipinski definition) is 1. The smallest absolute Gasteiger partial charge is 0.235 e. The summed E-state index contributed by atoms with van der Waals surface area (Å²) in [6.45, 7) is 2.04. The molecular weight excluding hydrogens is 398 g/mol. The van der Waals surface area contributed by atoms with Gasteiger partial charge in [-0.25, -0.2) is 9.97 Å². The molecule has 0 unspecified atom stereocenters. The van der Waals surface area contributed by atoms with Crippen LogP contribution in [0.15, 0.2) is 54.0 Å². The summed E-state index contributed by atoms with van der Waals surface area (Å²) in [7, 11) is 0. The van der Waals surface area contributed by atoms with E-state index in [1.807, 2.05) is 37.3 Å². The maximum Gasteiger partial charge on any atom is 0.235 e. The van der Waals surface area contributed by atoms with Crippen LogP contribution in [0.1, 0.15) is 36.1 Å². The standard InChI is InChI=1S/C23H21N3OS2/c1-15-14-16(20-25-18-6-4-12-24-21(18)29-20)8-9-17(15)26-22(27)23(10-2-3-11-23)19-7-5-13-28-19/h4-9,12-14H,2-3,10-11H2,1H3,(H,26,27). The molecule has 6 heteroatoms. The van der Waals surface area contributed by atoms with Crippen LogP contribution < -0.4 is 5.32 Å². The lowest BCUT2D eigenvalue weighted by molar-refractivity contribution is -0.121. The summed E-state index contributed by atoms with van der Waals surface area (Å²) < 4.78 is 0. The summed E-state index contributed by atoms with van der Waals surface area (Å²) in [6.07, 6.45) is 5.86. The van der Waals surface area contributed by atoms with E-state index in [1.54, 1.807) is 28.9 Å². The van der Waals surface area contributed by atoms with E-state index in [0.29, 0.717) is 0 Å². The van der Waals surface area contributed by atoms with Crippen LogP contribution in [0.2, 0.25) is 0 Å². The van der Waals surface area contributed by atoms with E-state index in [4.69, 9.17) is 4.98 Å². The fourth-order valence-corrected chi connectivity index (χ4v) is 6.07. The Morgan fingerprint density at radius 3 is 2.72 bits per heavy atom. The van der Waals surface area contributed by atoms with Gasteiger partial charge in [0.15, 0.2) is 0 Å². The van der Waals surface area contributed by atoms with Gasteiger partial charge >= 0.3 is 0 Å². The highest BCUT2D eigenvalue weighted by molar-refractivity contribution is 7.21. The molecule has 1 aromatic carbocycles. The largest absolute Gasteiger partial charge is 0.325 e. The first-order chi connectivity index (χ1) is 14.2. The molecular formula is C23H21N3OS2. The van der Waals surface area contributed by atoms with E-state index in [2.05, 4.69) is 27.8 Å².